The molecule has 0 aromatic heterocycles. The zero-order chi connectivity index (χ0) is 12.8. The van der Waals surface area contributed by atoms with E-state index in [1.807, 2.05) is 0 Å². The normalized spacial score (nSPS) is 24.4. The summed E-state index contributed by atoms with van der Waals surface area (Å²) in [6.07, 6.45) is 1.34. The first-order valence-corrected chi connectivity index (χ1v) is 6.64. The molecule has 4 heteroatoms. The van der Waals surface area contributed by atoms with Gasteiger partial charge in [-0.15, -0.1) is 0 Å². The lowest BCUT2D eigenvalue weighted by atomic mass is 9.93. The minimum atomic E-state index is -0.0619. The van der Waals surface area contributed by atoms with Gasteiger partial charge >= 0.3 is 6.03 Å². The Morgan fingerprint density at radius 1 is 1.29 bits per heavy atom. The maximum atomic E-state index is 11.5. The van der Waals surface area contributed by atoms with Crippen molar-refractivity contribution in [2.45, 2.75) is 40.2 Å². The average molecular weight is 242 g/mol. The molecule has 0 unspecified atom stereocenters. The van der Waals surface area contributed by atoms with Crippen LogP contribution in [0.1, 0.15) is 34.1 Å². The van der Waals surface area contributed by atoms with E-state index in [9.17, 15) is 4.79 Å². The Hall–Kier alpha value is -0.770. The molecule has 1 aliphatic heterocycles. The predicted molar refractivity (Wildman–Crippen MR) is 68.9 cm³/mol. The lowest BCUT2D eigenvalue weighted by Gasteiger charge is -2.22. The number of rotatable bonds is 5. The molecular formula is C13H26N2O2. The molecular weight excluding hydrogens is 216 g/mol. The lowest BCUT2D eigenvalue weighted by Crippen LogP contribution is -2.41. The van der Waals surface area contributed by atoms with E-state index in [4.69, 9.17) is 4.74 Å². The van der Waals surface area contributed by atoms with Crippen molar-refractivity contribution in [1.29, 1.82) is 0 Å². The molecule has 1 fully saturated rings. The van der Waals surface area contributed by atoms with E-state index in [1.165, 1.54) is 0 Å². The molecule has 1 heterocycles. The van der Waals surface area contributed by atoms with Gasteiger partial charge < -0.3 is 15.4 Å². The van der Waals surface area contributed by atoms with Gasteiger partial charge in [0.15, 0.2) is 0 Å². The van der Waals surface area contributed by atoms with Gasteiger partial charge in [-0.2, -0.15) is 0 Å². The number of hydrogen-bond acceptors (Lipinski definition) is 2. The van der Waals surface area contributed by atoms with Crippen molar-refractivity contribution in [3.8, 4) is 0 Å². The molecule has 1 aliphatic rings. The van der Waals surface area contributed by atoms with Crippen molar-refractivity contribution >= 4 is 6.03 Å². The van der Waals surface area contributed by atoms with Gasteiger partial charge in [-0.3, -0.25) is 0 Å². The highest BCUT2D eigenvalue weighted by Gasteiger charge is 2.30. The first-order valence-electron chi connectivity index (χ1n) is 6.64. The molecule has 0 aromatic carbocycles. The molecule has 0 bridgehead atoms. The summed E-state index contributed by atoms with van der Waals surface area (Å²) in [6.45, 7) is 10.8. The highest BCUT2D eigenvalue weighted by atomic mass is 16.5. The first kappa shape index (κ1) is 14.3. The van der Waals surface area contributed by atoms with E-state index in [0.717, 1.165) is 19.6 Å². The molecule has 0 aromatic rings. The van der Waals surface area contributed by atoms with E-state index < -0.39 is 0 Å². The number of carbonyl (C=O) groups is 1. The predicted octanol–water partition coefficient (Wildman–Crippen LogP) is 2.00. The van der Waals surface area contributed by atoms with E-state index in [0.29, 0.717) is 30.4 Å². The Kier molecular flexibility index (Phi) is 5.75. The van der Waals surface area contributed by atoms with Crippen LogP contribution >= 0.6 is 0 Å². The van der Waals surface area contributed by atoms with Crippen molar-refractivity contribution in [1.82, 2.24) is 10.6 Å². The zero-order valence-corrected chi connectivity index (χ0v) is 11.5. The zero-order valence-electron chi connectivity index (χ0n) is 11.5. The number of hydrogen-bond donors (Lipinski definition) is 2. The molecule has 1 rings (SSSR count). The Balaban J connectivity index is 2.23. The van der Waals surface area contributed by atoms with Crippen molar-refractivity contribution in [2.24, 2.45) is 17.8 Å². The van der Waals surface area contributed by atoms with Crippen LogP contribution in [0.25, 0.3) is 0 Å². The van der Waals surface area contributed by atoms with Gasteiger partial charge in [0.05, 0.1) is 6.10 Å². The number of amides is 2. The van der Waals surface area contributed by atoms with Gasteiger partial charge in [-0.1, -0.05) is 27.7 Å². The van der Waals surface area contributed by atoms with Crippen LogP contribution in [0.4, 0.5) is 4.79 Å². The molecule has 100 valence electrons. The van der Waals surface area contributed by atoms with Gasteiger partial charge in [-0.05, 0) is 18.3 Å². The summed E-state index contributed by atoms with van der Waals surface area (Å²) >= 11 is 0. The van der Waals surface area contributed by atoms with E-state index in [2.05, 4.69) is 38.3 Å². The summed E-state index contributed by atoms with van der Waals surface area (Å²) in [7, 11) is 0. The van der Waals surface area contributed by atoms with Crippen LogP contribution in [0.2, 0.25) is 0 Å². The van der Waals surface area contributed by atoms with Crippen molar-refractivity contribution in [3.63, 3.8) is 0 Å². The fourth-order valence-corrected chi connectivity index (χ4v) is 2.19. The van der Waals surface area contributed by atoms with Gasteiger partial charge in [-0.25, -0.2) is 4.79 Å². The average Bonchev–Trinajstić information content (AvgIpc) is 2.71. The SMILES string of the molecule is CC(C)CNC(=O)NC[C@H]1CCO[C@@H]1C(C)C. The molecule has 2 N–H and O–H groups in total. The van der Waals surface area contributed by atoms with Crippen LogP contribution in [0, 0.1) is 17.8 Å². The molecule has 17 heavy (non-hydrogen) atoms. The number of carbonyl (C=O) groups excluding carboxylic acids is 1. The quantitative estimate of drug-likeness (QED) is 0.774. The second-order valence-electron chi connectivity index (χ2n) is 5.61. The van der Waals surface area contributed by atoms with E-state index >= 15 is 0 Å². The van der Waals surface area contributed by atoms with Crippen LogP contribution in [0.5, 0.6) is 0 Å². The van der Waals surface area contributed by atoms with E-state index in [-0.39, 0.29) is 6.03 Å². The number of nitrogens with one attached hydrogen (secondary N) is 2. The summed E-state index contributed by atoms with van der Waals surface area (Å²) in [5.41, 5.74) is 0. The largest absolute Gasteiger partial charge is 0.378 e. The smallest absolute Gasteiger partial charge is 0.314 e. The highest BCUT2D eigenvalue weighted by Crippen LogP contribution is 2.25. The summed E-state index contributed by atoms with van der Waals surface area (Å²) in [6, 6.07) is -0.0619. The van der Waals surface area contributed by atoms with Gasteiger partial charge in [0, 0.05) is 25.6 Å². The van der Waals surface area contributed by atoms with Gasteiger partial charge in [0.2, 0.25) is 0 Å². The number of ether oxygens (including phenoxy) is 1. The van der Waals surface area contributed by atoms with Crippen LogP contribution in [-0.2, 0) is 4.74 Å². The fourth-order valence-electron chi connectivity index (χ4n) is 2.19. The van der Waals surface area contributed by atoms with Crippen LogP contribution in [0.15, 0.2) is 0 Å². The summed E-state index contributed by atoms with van der Waals surface area (Å²) in [4.78, 5) is 11.5. The third-order valence-electron chi connectivity index (χ3n) is 3.12. The maximum absolute atomic E-state index is 11.5. The molecule has 4 nitrogen and oxygen atoms in total. The third-order valence-corrected chi connectivity index (χ3v) is 3.12. The molecule has 0 aliphatic carbocycles. The Labute approximate surface area is 104 Å². The molecule has 2 atom stereocenters. The van der Waals surface area contributed by atoms with Gasteiger partial charge in [0.25, 0.3) is 0 Å². The second kappa shape index (κ2) is 6.84. The summed E-state index contributed by atoms with van der Waals surface area (Å²) in [5, 5.41) is 5.79. The highest BCUT2D eigenvalue weighted by molar-refractivity contribution is 5.73. The molecule has 0 spiro atoms. The molecule has 0 saturated carbocycles. The minimum absolute atomic E-state index is 0.0619. The maximum Gasteiger partial charge on any atom is 0.314 e. The van der Waals surface area contributed by atoms with Crippen LogP contribution < -0.4 is 10.6 Å². The third kappa shape index (κ3) is 4.94. The lowest BCUT2D eigenvalue weighted by molar-refractivity contribution is 0.0545. The first-order chi connectivity index (χ1) is 8.00. The Bertz CT molecular complexity index is 242. The van der Waals surface area contributed by atoms with Gasteiger partial charge in [0.1, 0.15) is 0 Å². The van der Waals surface area contributed by atoms with Crippen LogP contribution in [-0.4, -0.2) is 31.8 Å². The van der Waals surface area contributed by atoms with Crippen molar-refractivity contribution < 1.29 is 9.53 Å². The second-order valence-corrected chi connectivity index (χ2v) is 5.61. The molecule has 2 amide bonds. The summed E-state index contributed by atoms with van der Waals surface area (Å²) in [5.74, 6) is 1.46. The monoisotopic (exact) mass is 242 g/mol. The topological polar surface area (TPSA) is 50.4 Å². The standard InChI is InChI=1S/C13H26N2O2/c1-9(2)7-14-13(16)15-8-11-5-6-17-12(11)10(3)4/h9-12H,5-8H2,1-4H3,(H2,14,15,16)/t11-,12-/m1/s1. The van der Waals surface area contributed by atoms with Crippen molar-refractivity contribution in [3.05, 3.63) is 0 Å². The number of urea groups is 1. The van der Waals surface area contributed by atoms with Crippen molar-refractivity contribution in [2.75, 3.05) is 19.7 Å². The molecule has 1 saturated heterocycles. The Morgan fingerprint density at radius 2 is 2.00 bits per heavy atom. The Morgan fingerprint density at radius 3 is 2.59 bits per heavy atom. The van der Waals surface area contributed by atoms with E-state index in [1.54, 1.807) is 0 Å². The summed E-state index contributed by atoms with van der Waals surface area (Å²) < 4.78 is 5.69. The fraction of sp³-hybridized carbons (Fsp3) is 0.923. The van der Waals surface area contributed by atoms with Crippen LogP contribution in [0.3, 0.4) is 0 Å². The molecule has 0 radical (unpaired) electrons. The minimum Gasteiger partial charge on any atom is -0.378 e.